The predicted octanol–water partition coefficient (Wildman–Crippen LogP) is 5.94. The van der Waals surface area contributed by atoms with Crippen LogP contribution in [0.2, 0.25) is 0 Å². The van der Waals surface area contributed by atoms with Crippen LogP contribution in [0.3, 0.4) is 0 Å². The normalized spacial score (nSPS) is 12.1. The van der Waals surface area contributed by atoms with Crippen LogP contribution in [0.1, 0.15) is 47.4 Å². The highest BCUT2D eigenvalue weighted by atomic mass is 19.1. The Morgan fingerprint density at radius 2 is 1.68 bits per heavy atom. The highest BCUT2D eigenvalue weighted by molar-refractivity contribution is 5.78. The zero-order valence-electron chi connectivity index (χ0n) is 18.7. The van der Waals surface area contributed by atoms with Crippen molar-refractivity contribution in [1.82, 2.24) is 15.0 Å². The summed E-state index contributed by atoms with van der Waals surface area (Å²) in [6.07, 6.45) is 0. The summed E-state index contributed by atoms with van der Waals surface area (Å²) < 4.78 is 13.5. The molecule has 0 saturated carbocycles. The van der Waals surface area contributed by atoms with Gasteiger partial charge in [-0.2, -0.15) is 0 Å². The van der Waals surface area contributed by atoms with Crippen molar-refractivity contribution in [3.8, 4) is 22.6 Å². The largest absolute Gasteiger partial charge is 0.364 e. The predicted molar refractivity (Wildman–Crippen MR) is 121 cm³/mol. The number of imidazole rings is 1. The maximum absolute atomic E-state index is 13.5. The number of rotatable bonds is 5. The second kappa shape index (κ2) is 8.09. The number of aromatic amines is 1. The van der Waals surface area contributed by atoms with Crippen LogP contribution in [0.15, 0.2) is 36.4 Å². The van der Waals surface area contributed by atoms with Crippen LogP contribution in [-0.4, -0.2) is 26.4 Å². The maximum Gasteiger partial charge on any atom is 0.311 e. The molecule has 7 nitrogen and oxygen atoms in total. The summed E-state index contributed by atoms with van der Waals surface area (Å²) in [6.45, 7) is 12.7. The molecule has 0 unspecified atom stereocenters. The molecule has 0 spiro atoms. The highest BCUT2D eigenvalue weighted by Crippen LogP contribution is 2.35. The van der Waals surface area contributed by atoms with Gasteiger partial charge < -0.3 is 10.3 Å². The molecule has 0 aliphatic rings. The minimum absolute atomic E-state index is 0.0851. The number of halogens is 1. The average Bonchev–Trinajstić information content (AvgIpc) is 3.12. The number of benzene rings is 1. The molecule has 2 N–H and O–H groups in total. The van der Waals surface area contributed by atoms with Crippen LogP contribution < -0.4 is 5.32 Å². The molecule has 0 fully saturated rings. The van der Waals surface area contributed by atoms with Gasteiger partial charge in [-0.25, -0.2) is 14.4 Å². The third-order valence-corrected chi connectivity index (χ3v) is 4.64. The van der Waals surface area contributed by atoms with Gasteiger partial charge in [0.2, 0.25) is 5.82 Å². The molecule has 1 aromatic carbocycles. The van der Waals surface area contributed by atoms with Crippen LogP contribution in [0.25, 0.3) is 22.6 Å². The Bertz CT molecular complexity index is 1090. The van der Waals surface area contributed by atoms with Crippen molar-refractivity contribution < 1.29 is 9.31 Å². The smallest absolute Gasteiger partial charge is 0.311 e. The van der Waals surface area contributed by atoms with E-state index in [0.29, 0.717) is 23.6 Å². The van der Waals surface area contributed by atoms with Gasteiger partial charge in [-0.1, -0.05) is 41.5 Å². The molecule has 164 valence electrons. The second-order valence-corrected chi connectivity index (χ2v) is 9.80. The fourth-order valence-electron chi connectivity index (χ4n) is 2.95. The van der Waals surface area contributed by atoms with Crippen molar-refractivity contribution in [2.75, 3.05) is 11.9 Å². The molecule has 0 radical (unpaired) electrons. The van der Waals surface area contributed by atoms with Gasteiger partial charge in [0.1, 0.15) is 11.6 Å². The van der Waals surface area contributed by atoms with E-state index in [1.807, 2.05) is 41.5 Å². The lowest BCUT2D eigenvalue weighted by Gasteiger charge is -2.19. The third-order valence-electron chi connectivity index (χ3n) is 4.64. The van der Waals surface area contributed by atoms with Crippen molar-refractivity contribution in [1.29, 1.82) is 0 Å². The molecule has 0 amide bonds. The van der Waals surface area contributed by atoms with E-state index >= 15 is 0 Å². The number of H-pyrrole nitrogens is 1. The number of anilines is 1. The lowest BCUT2D eigenvalue weighted by molar-refractivity contribution is -0.384. The first-order valence-electron chi connectivity index (χ1n) is 10.1. The highest BCUT2D eigenvalue weighted by Gasteiger charge is 2.25. The Hall–Kier alpha value is -3.29. The minimum Gasteiger partial charge on any atom is -0.364 e. The summed E-state index contributed by atoms with van der Waals surface area (Å²) in [4.78, 5) is 23.7. The number of nitro groups is 1. The van der Waals surface area contributed by atoms with Gasteiger partial charge in [-0.3, -0.25) is 10.1 Å². The first-order valence-corrected chi connectivity index (χ1v) is 10.1. The Labute approximate surface area is 181 Å². The number of aromatic nitrogens is 3. The summed E-state index contributed by atoms with van der Waals surface area (Å²) in [7, 11) is 0. The number of pyridine rings is 1. The van der Waals surface area contributed by atoms with E-state index in [9.17, 15) is 14.5 Å². The fraction of sp³-hybridized carbons (Fsp3) is 0.391. The summed E-state index contributed by atoms with van der Waals surface area (Å²) in [6, 6.07) is 9.12. The molecular formula is C23H28FN5O2. The zero-order valence-corrected chi connectivity index (χ0v) is 18.7. The van der Waals surface area contributed by atoms with E-state index in [2.05, 4.69) is 15.3 Å². The van der Waals surface area contributed by atoms with Crippen molar-refractivity contribution in [3.05, 3.63) is 58.2 Å². The molecule has 0 aliphatic heterocycles. The van der Waals surface area contributed by atoms with E-state index in [1.165, 1.54) is 18.2 Å². The number of nitrogens with one attached hydrogen (secondary N) is 2. The molecule has 0 atom stereocenters. The maximum atomic E-state index is 13.5. The van der Waals surface area contributed by atoms with Crippen LogP contribution in [-0.2, 0) is 5.41 Å². The van der Waals surface area contributed by atoms with E-state index in [0.717, 1.165) is 11.4 Å². The molecule has 0 saturated heterocycles. The SMILES string of the molecule is CC(C)(C)CNc1nc(-c2[nH]c(C(C)(C)C)nc2-c2ccc(F)cc2)ccc1[N+](=O)[O-]. The van der Waals surface area contributed by atoms with Crippen molar-refractivity contribution >= 4 is 11.5 Å². The van der Waals surface area contributed by atoms with Crippen LogP contribution in [0.4, 0.5) is 15.9 Å². The van der Waals surface area contributed by atoms with Crippen molar-refractivity contribution in [3.63, 3.8) is 0 Å². The molecule has 8 heteroatoms. The van der Waals surface area contributed by atoms with Gasteiger partial charge in [0.05, 0.1) is 22.0 Å². The summed E-state index contributed by atoms with van der Waals surface area (Å²) in [5.41, 5.74) is 2.06. The Kier molecular flexibility index (Phi) is 5.85. The Balaban J connectivity index is 2.15. The summed E-state index contributed by atoms with van der Waals surface area (Å²) >= 11 is 0. The lowest BCUT2D eigenvalue weighted by atomic mass is 9.96. The molecule has 2 heterocycles. The average molecular weight is 426 g/mol. The third kappa shape index (κ3) is 5.25. The fourth-order valence-corrected chi connectivity index (χ4v) is 2.95. The standard InChI is InChI=1S/C23H28FN5O2/c1-22(2,3)13-25-20-17(29(30)31)12-11-16(26-20)19-18(14-7-9-15(24)10-8-14)27-21(28-19)23(4,5)6/h7-12H,13H2,1-6H3,(H,25,26)(H,27,28). The van der Waals surface area contributed by atoms with E-state index in [1.54, 1.807) is 18.2 Å². The molecule has 0 aliphatic carbocycles. The molecule has 3 aromatic rings. The first-order chi connectivity index (χ1) is 14.3. The van der Waals surface area contributed by atoms with Crippen molar-refractivity contribution in [2.45, 2.75) is 47.0 Å². The summed E-state index contributed by atoms with van der Waals surface area (Å²) in [5.74, 6) is 0.611. The molecule has 0 bridgehead atoms. The second-order valence-electron chi connectivity index (χ2n) is 9.80. The van der Waals surface area contributed by atoms with Crippen molar-refractivity contribution in [2.24, 2.45) is 5.41 Å². The number of nitrogens with zero attached hydrogens (tertiary/aromatic N) is 3. The number of hydrogen-bond acceptors (Lipinski definition) is 5. The van der Waals surface area contributed by atoms with Gasteiger partial charge in [-0.05, 0) is 35.7 Å². The van der Waals surface area contributed by atoms with Gasteiger partial charge in [-0.15, -0.1) is 0 Å². The molecule has 2 aromatic heterocycles. The van der Waals surface area contributed by atoms with E-state index in [4.69, 9.17) is 4.98 Å². The van der Waals surface area contributed by atoms with Crippen LogP contribution in [0.5, 0.6) is 0 Å². The molecule has 3 rings (SSSR count). The quantitative estimate of drug-likeness (QED) is 0.389. The zero-order chi connectivity index (χ0) is 23.0. The lowest BCUT2D eigenvalue weighted by Crippen LogP contribution is -2.20. The Morgan fingerprint density at radius 3 is 2.23 bits per heavy atom. The van der Waals surface area contributed by atoms with E-state index < -0.39 is 4.92 Å². The van der Waals surface area contributed by atoms with Gasteiger partial charge in [0.25, 0.3) is 0 Å². The summed E-state index contributed by atoms with van der Waals surface area (Å²) in [5, 5.41) is 14.6. The van der Waals surface area contributed by atoms with Gasteiger partial charge in [0.15, 0.2) is 0 Å². The van der Waals surface area contributed by atoms with E-state index in [-0.39, 0.29) is 28.2 Å². The van der Waals surface area contributed by atoms with Crippen LogP contribution in [0, 0.1) is 21.3 Å². The minimum atomic E-state index is -0.448. The van der Waals surface area contributed by atoms with Gasteiger partial charge >= 0.3 is 5.69 Å². The number of hydrogen-bond donors (Lipinski definition) is 2. The Morgan fingerprint density at radius 1 is 1.03 bits per heavy atom. The molecule has 31 heavy (non-hydrogen) atoms. The topological polar surface area (TPSA) is 96.7 Å². The van der Waals surface area contributed by atoms with Gasteiger partial charge in [0, 0.05) is 23.6 Å². The first kappa shape index (κ1) is 22.4. The molecular weight excluding hydrogens is 397 g/mol. The monoisotopic (exact) mass is 425 g/mol. The van der Waals surface area contributed by atoms with Crippen LogP contribution >= 0.6 is 0 Å².